The van der Waals surface area contributed by atoms with Crippen molar-refractivity contribution in [3.63, 3.8) is 0 Å². The summed E-state index contributed by atoms with van der Waals surface area (Å²) in [6, 6.07) is 11.2. The Bertz CT molecular complexity index is 491. The molecule has 0 radical (unpaired) electrons. The van der Waals surface area contributed by atoms with Crippen LogP contribution in [0, 0.1) is 0 Å². The van der Waals surface area contributed by atoms with E-state index in [9.17, 15) is 5.11 Å². The van der Waals surface area contributed by atoms with Crippen molar-refractivity contribution in [1.82, 2.24) is 9.97 Å². The largest absolute Gasteiger partial charge is 0.394 e. The number of anilines is 2. The van der Waals surface area contributed by atoms with Gasteiger partial charge in [-0.05, 0) is 11.6 Å². The van der Waals surface area contributed by atoms with Crippen LogP contribution in [0.3, 0.4) is 0 Å². The molecule has 0 saturated carbocycles. The number of hydrogen-bond donors (Lipinski definition) is 4. The molecule has 0 saturated heterocycles. The lowest BCUT2D eigenvalue weighted by atomic mass is 10.1. The van der Waals surface area contributed by atoms with Crippen LogP contribution in [-0.4, -0.2) is 21.7 Å². The van der Waals surface area contributed by atoms with E-state index in [4.69, 9.17) is 5.84 Å². The zero-order valence-electron chi connectivity index (χ0n) is 9.74. The Morgan fingerprint density at radius 1 is 1.22 bits per heavy atom. The van der Waals surface area contributed by atoms with Gasteiger partial charge >= 0.3 is 0 Å². The molecule has 0 amide bonds. The summed E-state index contributed by atoms with van der Waals surface area (Å²) in [7, 11) is 0. The molecular formula is C12H15N5O. The maximum atomic E-state index is 9.42. The summed E-state index contributed by atoms with van der Waals surface area (Å²) in [5, 5.41) is 12.5. The quantitative estimate of drug-likeness (QED) is 0.462. The summed E-state index contributed by atoms with van der Waals surface area (Å²) < 4.78 is 0. The lowest BCUT2D eigenvalue weighted by Crippen LogP contribution is -2.17. The van der Waals surface area contributed by atoms with Gasteiger partial charge in [0.1, 0.15) is 5.82 Å². The molecule has 2 aromatic rings. The molecule has 1 heterocycles. The number of nitrogen functional groups attached to an aromatic ring is 1. The highest BCUT2D eigenvalue weighted by molar-refractivity contribution is 5.41. The maximum Gasteiger partial charge on any atom is 0.239 e. The standard InChI is InChI=1S/C12H15N5O/c13-17-12-14-7-6-11(16-12)15-10(8-18)9-4-2-1-3-5-9/h1-7,10,18H,8,13H2,(H2,14,15,16,17). The molecule has 1 aromatic heterocycles. The van der Waals surface area contributed by atoms with Crippen molar-refractivity contribution >= 4 is 11.8 Å². The Morgan fingerprint density at radius 2 is 2.00 bits per heavy atom. The van der Waals surface area contributed by atoms with Gasteiger partial charge in [-0.25, -0.2) is 10.8 Å². The number of hydrogen-bond acceptors (Lipinski definition) is 6. The van der Waals surface area contributed by atoms with Crippen LogP contribution in [0.4, 0.5) is 11.8 Å². The number of benzene rings is 1. The van der Waals surface area contributed by atoms with Crippen LogP contribution in [0.2, 0.25) is 0 Å². The predicted molar refractivity (Wildman–Crippen MR) is 69.7 cm³/mol. The lowest BCUT2D eigenvalue weighted by Gasteiger charge is -2.17. The van der Waals surface area contributed by atoms with Crippen LogP contribution in [0.15, 0.2) is 42.6 Å². The minimum absolute atomic E-state index is 0.0284. The zero-order chi connectivity index (χ0) is 12.8. The summed E-state index contributed by atoms with van der Waals surface area (Å²) in [6.07, 6.45) is 1.59. The van der Waals surface area contributed by atoms with Gasteiger partial charge in [-0.3, -0.25) is 5.43 Å². The minimum Gasteiger partial charge on any atom is -0.394 e. The van der Waals surface area contributed by atoms with Gasteiger partial charge in [0, 0.05) is 6.20 Å². The highest BCUT2D eigenvalue weighted by atomic mass is 16.3. The second kappa shape index (κ2) is 5.95. The number of aliphatic hydroxyl groups is 1. The number of hydrazine groups is 1. The number of nitrogens with one attached hydrogen (secondary N) is 2. The highest BCUT2D eigenvalue weighted by Crippen LogP contribution is 2.17. The highest BCUT2D eigenvalue weighted by Gasteiger charge is 2.10. The molecule has 0 aliphatic carbocycles. The van der Waals surface area contributed by atoms with E-state index in [0.717, 1.165) is 5.56 Å². The van der Waals surface area contributed by atoms with Crippen molar-refractivity contribution in [2.45, 2.75) is 6.04 Å². The Hall–Kier alpha value is -2.18. The molecule has 0 bridgehead atoms. The first kappa shape index (κ1) is 12.3. The van der Waals surface area contributed by atoms with Crippen LogP contribution < -0.4 is 16.6 Å². The van der Waals surface area contributed by atoms with E-state index in [-0.39, 0.29) is 12.6 Å². The van der Waals surface area contributed by atoms with Gasteiger partial charge in [-0.1, -0.05) is 30.3 Å². The first-order valence-corrected chi connectivity index (χ1v) is 5.55. The van der Waals surface area contributed by atoms with E-state index in [2.05, 4.69) is 20.7 Å². The third-order valence-electron chi connectivity index (χ3n) is 2.49. The van der Waals surface area contributed by atoms with Crippen molar-refractivity contribution in [1.29, 1.82) is 0 Å². The summed E-state index contributed by atoms with van der Waals surface area (Å²) in [4.78, 5) is 8.05. The van der Waals surface area contributed by atoms with Gasteiger partial charge in [0.15, 0.2) is 0 Å². The van der Waals surface area contributed by atoms with Crippen LogP contribution in [0.25, 0.3) is 0 Å². The Morgan fingerprint density at radius 3 is 2.67 bits per heavy atom. The summed E-state index contributed by atoms with van der Waals surface area (Å²) >= 11 is 0. The summed E-state index contributed by atoms with van der Waals surface area (Å²) in [5.74, 6) is 6.16. The van der Waals surface area contributed by atoms with Crippen molar-refractivity contribution in [3.05, 3.63) is 48.2 Å². The molecule has 1 aromatic carbocycles. The number of nitrogens with two attached hydrogens (primary N) is 1. The van der Waals surface area contributed by atoms with E-state index >= 15 is 0 Å². The van der Waals surface area contributed by atoms with Gasteiger partial charge < -0.3 is 10.4 Å². The fraction of sp³-hybridized carbons (Fsp3) is 0.167. The SMILES string of the molecule is NNc1nccc(NC(CO)c2ccccc2)n1. The summed E-state index contributed by atoms with van der Waals surface area (Å²) in [5.41, 5.74) is 3.36. The third kappa shape index (κ3) is 2.93. The van der Waals surface area contributed by atoms with Crippen molar-refractivity contribution in [2.24, 2.45) is 5.84 Å². The first-order chi connectivity index (χ1) is 8.83. The van der Waals surface area contributed by atoms with E-state index in [1.807, 2.05) is 30.3 Å². The average Bonchev–Trinajstić information content (AvgIpc) is 2.46. The molecule has 0 aliphatic heterocycles. The van der Waals surface area contributed by atoms with E-state index in [0.29, 0.717) is 11.8 Å². The topological polar surface area (TPSA) is 96.1 Å². The smallest absolute Gasteiger partial charge is 0.239 e. The second-order valence-electron chi connectivity index (χ2n) is 3.70. The molecular weight excluding hydrogens is 230 g/mol. The van der Waals surface area contributed by atoms with Crippen LogP contribution in [-0.2, 0) is 0 Å². The molecule has 18 heavy (non-hydrogen) atoms. The Labute approximate surface area is 105 Å². The number of aromatic nitrogens is 2. The molecule has 1 atom stereocenters. The van der Waals surface area contributed by atoms with E-state index in [1.54, 1.807) is 12.3 Å². The fourth-order valence-electron chi connectivity index (χ4n) is 1.61. The molecule has 0 aliphatic rings. The maximum absolute atomic E-state index is 9.42. The van der Waals surface area contributed by atoms with Crippen molar-refractivity contribution in [2.75, 3.05) is 17.3 Å². The minimum atomic E-state index is -0.216. The second-order valence-corrected chi connectivity index (χ2v) is 3.70. The van der Waals surface area contributed by atoms with Crippen LogP contribution in [0.1, 0.15) is 11.6 Å². The van der Waals surface area contributed by atoms with Gasteiger partial charge in [0.05, 0.1) is 12.6 Å². The van der Waals surface area contributed by atoms with Gasteiger partial charge in [-0.15, -0.1) is 0 Å². The van der Waals surface area contributed by atoms with Crippen LogP contribution in [0.5, 0.6) is 0 Å². The number of nitrogens with zero attached hydrogens (tertiary/aromatic N) is 2. The third-order valence-corrected chi connectivity index (χ3v) is 2.49. The molecule has 1 unspecified atom stereocenters. The lowest BCUT2D eigenvalue weighted by molar-refractivity contribution is 0.276. The number of aliphatic hydroxyl groups excluding tert-OH is 1. The van der Waals surface area contributed by atoms with Crippen molar-refractivity contribution in [3.8, 4) is 0 Å². The molecule has 6 heteroatoms. The fourth-order valence-corrected chi connectivity index (χ4v) is 1.61. The molecule has 2 rings (SSSR count). The van der Waals surface area contributed by atoms with Gasteiger partial charge in [-0.2, -0.15) is 4.98 Å². The zero-order valence-corrected chi connectivity index (χ0v) is 9.74. The molecule has 5 N–H and O–H groups in total. The predicted octanol–water partition coefficient (Wildman–Crippen LogP) is 0.908. The Balaban J connectivity index is 2.15. The molecule has 0 fully saturated rings. The monoisotopic (exact) mass is 245 g/mol. The van der Waals surface area contributed by atoms with Gasteiger partial charge in [0.2, 0.25) is 5.95 Å². The molecule has 6 nitrogen and oxygen atoms in total. The first-order valence-electron chi connectivity index (χ1n) is 5.55. The Kier molecular flexibility index (Phi) is 4.06. The van der Waals surface area contributed by atoms with E-state index in [1.165, 1.54) is 0 Å². The normalized spacial score (nSPS) is 11.9. The summed E-state index contributed by atoms with van der Waals surface area (Å²) in [6.45, 7) is -0.0284. The van der Waals surface area contributed by atoms with E-state index < -0.39 is 0 Å². The molecule has 94 valence electrons. The van der Waals surface area contributed by atoms with Crippen molar-refractivity contribution < 1.29 is 5.11 Å². The average molecular weight is 245 g/mol. The number of rotatable bonds is 5. The van der Waals surface area contributed by atoms with Crippen LogP contribution >= 0.6 is 0 Å². The molecule has 0 spiro atoms. The van der Waals surface area contributed by atoms with Gasteiger partial charge in [0.25, 0.3) is 0 Å².